The summed E-state index contributed by atoms with van der Waals surface area (Å²) < 4.78 is 40.6. The van der Waals surface area contributed by atoms with E-state index in [0.717, 1.165) is 5.56 Å². The maximum Gasteiger partial charge on any atom is 0.387 e. The molecule has 0 bridgehead atoms. The van der Waals surface area contributed by atoms with Gasteiger partial charge in [-0.2, -0.15) is 8.78 Å². The number of carbonyl (C=O) groups is 1. The van der Waals surface area contributed by atoms with Gasteiger partial charge in [-0.25, -0.2) is 9.78 Å². The first-order valence-corrected chi connectivity index (χ1v) is 8.17. The molecular weight excluding hydrogens is 374 g/mol. The number of ether oxygens (including phenoxy) is 3. The summed E-state index contributed by atoms with van der Waals surface area (Å²) in [5, 5.41) is 0. The Labute approximate surface area is 158 Å². The monoisotopic (exact) mass is 390 g/mol. The number of fused-ring (bicyclic) bond motifs is 1. The SMILES string of the molecule is COc1cc(C(=O)OCc2cc(=O)n3cccc(C)c3n2)ccc1OC(F)F. The highest BCUT2D eigenvalue weighted by atomic mass is 19.3. The standard InChI is InChI=1S/C19H16F2N2O5/c1-11-4-3-7-23-16(24)9-13(22-17(11)23)10-27-18(25)12-5-6-14(28-19(20)21)15(8-12)26-2/h3-9,19H,10H2,1-2H3. The molecule has 7 nitrogen and oxygen atoms in total. The fourth-order valence-corrected chi connectivity index (χ4v) is 2.59. The topological polar surface area (TPSA) is 79.1 Å². The molecule has 0 aliphatic carbocycles. The van der Waals surface area contributed by atoms with Crippen molar-refractivity contribution in [3.05, 3.63) is 69.8 Å². The Bertz CT molecular complexity index is 1080. The molecule has 0 unspecified atom stereocenters. The smallest absolute Gasteiger partial charge is 0.387 e. The van der Waals surface area contributed by atoms with E-state index in [1.54, 1.807) is 12.3 Å². The molecule has 2 heterocycles. The number of esters is 1. The molecule has 0 saturated carbocycles. The van der Waals surface area contributed by atoms with Gasteiger partial charge in [0.05, 0.1) is 18.4 Å². The van der Waals surface area contributed by atoms with Crippen molar-refractivity contribution in [1.82, 2.24) is 9.38 Å². The zero-order valence-electron chi connectivity index (χ0n) is 15.0. The van der Waals surface area contributed by atoms with Crippen LogP contribution in [0.4, 0.5) is 8.78 Å². The first kappa shape index (κ1) is 19.3. The second kappa shape index (κ2) is 8.03. The summed E-state index contributed by atoms with van der Waals surface area (Å²) in [6.07, 6.45) is 1.60. The lowest BCUT2D eigenvalue weighted by Crippen LogP contribution is -2.17. The van der Waals surface area contributed by atoms with E-state index in [0.29, 0.717) is 5.65 Å². The fourth-order valence-electron chi connectivity index (χ4n) is 2.59. The van der Waals surface area contributed by atoms with Gasteiger partial charge in [0.1, 0.15) is 12.3 Å². The molecule has 0 radical (unpaired) electrons. The van der Waals surface area contributed by atoms with Crippen molar-refractivity contribution < 1.29 is 27.8 Å². The number of nitrogens with zero attached hydrogens (tertiary/aromatic N) is 2. The van der Waals surface area contributed by atoms with Crippen LogP contribution in [0.1, 0.15) is 21.6 Å². The number of alkyl halides is 2. The third kappa shape index (κ3) is 4.08. The van der Waals surface area contributed by atoms with Crippen molar-refractivity contribution in [2.24, 2.45) is 0 Å². The minimum absolute atomic E-state index is 0.0348. The fraction of sp³-hybridized carbons (Fsp3) is 0.211. The minimum atomic E-state index is -3.02. The molecule has 0 spiro atoms. The summed E-state index contributed by atoms with van der Waals surface area (Å²) in [4.78, 5) is 28.8. The van der Waals surface area contributed by atoms with Gasteiger partial charge in [-0.3, -0.25) is 9.20 Å². The average Bonchev–Trinajstić information content (AvgIpc) is 2.67. The number of methoxy groups -OCH3 is 1. The van der Waals surface area contributed by atoms with Gasteiger partial charge in [-0.05, 0) is 36.8 Å². The molecule has 0 saturated heterocycles. The Morgan fingerprint density at radius 1 is 1.21 bits per heavy atom. The predicted octanol–water partition coefficient (Wildman–Crippen LogP) is 2.97. The van der Waals surface area contributed by atoms with E-state index in [1.165, 1.54) is 35.8 Å². The Balaban J connectivity index is 1.78. The number of aryl methyl sites for hydroxylation is 1. The van der Waals surface area contributed by atoms with E-state index in [9.17, 15) is 18.4 Å². The van der Waals surface area contributed by atoms with Crippen molar-refractivity contribution >= 4 is 11.6 Å². The van der Waals surface area contributed by atoms with Crippen LogP contribution in [0, 0.1) is 6.92 Å². The summed E-state index contributed by atoms with van der Waals surface area (Å²) >= 11 is 0. The van der Waals surface area contributed by atoms with E-state index in [1.807, 2.05) is 13.0 Å². The van der Waals surface area contributed by atoms with E-state index in [4.69, 9.17) is 9.47 Å². The largest absolute Gasteiger partial charge is 0.493 e. The van der Waals surface area contributed by atoms with Gasteiger partial charge in [0.15, 0.2) is 11.5 Å². The molecule has 0 aliphatic rings. The number of halogens is 2. The van der Waals surface area contributed by atoms with Crippen molar-refractivity contribution in [1.29, 1.82) is 0 Å². The third-order valence-electron chi connectivity index (χ3n) is 3.91. The van der Waals surface area contributed by atoms with Crippen LogP contribution in [0.15, 0.2) is 47.4 Å². The number of benzene rings is 1. The van der Waals surface area contributed by atoms with Gasteiger partial charge >= 0.3 is 12.6 Å². The van der Waals surface area contributed by atoms with Crippen molar-refractivity contribution in [2.75, 3.05) is 7.11 Å². The highest BCUT2D eigenvalue weighted by Crippen LogP contribution is 2.29. The number of hydrogen-bond acceptors (Lipinski definition) is 6. The highest BCUT2D eigenvalue weighted by molar-refractivity contribution is 5.90. The van der Waals surface area contributed by atoms with Gasteiger partial charge in [-0.15, -0.1) is 0 Å². The maximum absolute atomic E-state index is 12.4. The number of carbonyl (C=O) groups excluding carboxylic acids is 1. The number of hydrogen-bond donors (Lipinski definition) is 0. The lowest BCUT2D eigenvalue weighted by Gasteiger charge is -2.11. The second-order valence-corrected chi connectivity index (χ2v) is 5.79. The average molecular weight is 390 g/mol. The summed E-state index contributed by atoms with van der Waals surface area (Å²) in [6.45, 7) is -1.43. The lowest BCUT2D eigenvalue weighted by molar-refractivity contribution is -0.0512. The molecule has 146 valence electrons. The van der Waals surface area contributed by atoms with Crippen molar-refractivity contribution in [3.63, 3.8) is 0 Å². The van der Waals surface area contributed by atoms with Gasteiger partial charge in [0.25, 0.3) is 5.56 Å². The molecule has 3 rings (SSSR count). The lowest BCUT2D eigenvalue weighted by atomic mass is 10.2. The first-order chi connectivity index (χ1) is 13.4. The maximum atomic E-state index is 12.4. The Morgan fingerprint density at radius 3 is 2.71 bits per heavy atom. The van der Waals surface area contributed by atoms with Crippen LogP contribution >= 0.6 is 0 Å². The van der Waals surface area contributed by atoms with Crippen LogP contribution in [-0.2, 0) is 11.3 Å². The zero-order chi connectivity index (χ0) is 20.3. The second-order valence-electron chi connectivity index (χ2n) is 5.79. The number of pyridine rings is 1. The van der Waals surface area contributed by atoms with Gasteiger partial charge in [0.2, 0.25) is 0 Å². The summed E-state index contributed by atoms with van der Waals surface area (Å²) in [6, 6.07) is 8.51. The number of aromatic nitrogens is 2. The summed E-state index contributed by atoms with van der Waals surface area (Å²) in [7, 11) is 1.26. The van der Waals surface area contributed by atoms with Gasteiger partial charge in [0, 0.05) is 12.3 Å². The quantitative estimate of drug-likeness (QED) is 0.602. The molecular formula is C19H16F2N2O5. The van der Waals surface area contributed by atoms with Crippen molar-refractivity contribution in [2.45, 2.75) is 20.1 Å². The molecule has 0 atom stereocenters. The Hall–Kier alpha value is -3.49. The van der Waals surface area contributed by atoms with Crippen LogP contribution < -0.4 is 15.0 Å². The molecule has 9 heteroatoms. The highest BCUT2D eigenvalue weighted by Gasteiger charge is 2.15. The molecule has 0 aliphatic heterocycles. The van der Waals surface area contributed by atoms with Crippen LogP contribution in [0.2, 0.25) is 0 Å². The number of rotatable bonds is 6. The molecule has 2 aromatic heterocycles. The van der Waals surface area contributed by atoms with Crippen LogP contribution in [0.3, 0.4) is 0 Å². The van der Waals surface area contributed by atoms with Gasteiger partial charge in [-0.1, -0.05) is 6.07 Å². The van der Waals surface area contributed by atoms with Gasteiger partial charge < -0.3 is 14.2 Å². The Kier molecular flexibility index (Phi) is 5.53. The van der Waals surface area contributed by atoms with Crippen LogP contribution in [0.25, 0.3) is 5.65 Å². The molecule has 3 aromatic rings. The zero-order valence-corrected chi connectivity index (χ0v) is 15.0. The third-order valence-corrected chi connectivity index (χ3v) is 3.91. The van der Waals surface area contributed by atoms with E-state index in [-0.39, 0.29) is 34.9 Å². The molecule has 0 amide bonds. The first-order valence-electron chi connectivity index (χ1n) is 8.17. The predicted molar refractivity (Wildman–Crippen MR) is 94.9 cm³/mol. The van der Waals surface area contributed by atoms with E-state index >= 15 is 0 Å². The summed E-state index contributed by atoms with van der Waals surface area (Å²) in [5.41, 5.74) is 1.34. The molecule has 0 fully saturated rings. The van der Waals surface area contributed by atoms with E-state index in [2.05, 4.69) is 9.72 Å². The molecule has 28 heavy (non-hydrogen) atoms. The summed E-state index contributed by atoms with van der Waals surface area (Å²) in [5.74, 6) is -0.963. The minimum Gasteiger partial charge on any atom is -0.493 e. The van der Waals surface area contributed by atoms with E-state index < -0.39 is 12.6 Å². The molecule has 0 N–H and O–H groups in total. The van der Waals surface area contributed by atoms with Crippen LogP contribution in [-0.4, -0.2) is 29.1 Å². The Morgan fingerprint density at radius 2 is 2.00 bits per heavy atom. The van der Waals surface area contributed by atoms with Crippen molar-refractivity contribution in [3.8, 4) is 11.5 Å². The normalized spacial score (nSPS) is 10.9. The van der Waals surface area contributed by atoms with Crippen LogP contribution in [0.5, 0.6) is 11.5 Å². The molecule has 1 aromatic carbocycles.